The van der Waals surface area contributed by atoms with Crippen molar-refractivity contribution in [2.45, 2.75) is 37.7 Å². The van der Waals surface area contributed by atoms with Crippen LogP contribution < -0.4 is 15.0 Å². The van der Waals surface area contributed by atoms with Crippen LogP contribution in [0.5, 0.6) is 5.75 Å². The largest absolute Gasteiger partial charge is 0.491 e. The Hall–Kier alpha value is -2.57. The van der Waals surface area contributed by atoms with E-state index in [2.05, 4.69) is 39.4 Å². The van der Waals surface area contributed by atoms with Gasteiger partial charge in [-0.2, -0.15) is 0 Å². The van der Waals surface area contributed by atoms with Gasteiger partial charge < -0.3 is 20.1 Å². The number of anilines is 2. The zero-order valence-electron chi connectivity index (χ0n) is 17.9. The fraction of sp³-hybridized carbons (Fsp3) is 0.480. The molecule has 0 bridgehead atoms. The highest BCUT2D eigenvalue weighted by molar-refractivity contribution is 5.94. The molecule has 2 aromatic carbocycles. The number of hydrogen-bond acceptors (Lipinski definition) is 5. The topological polar surface area (TPSA) is 65.0 Å². The number of benzene rings is 2. The lowest BCUT2D eigenvalue weighted by molar-refractivity contribution is -0.116. The summed E-state index contributed by atoms with van der Waals surface area (Å²) in [6.45, 7) is 4.74. The highest BCUT2D eigenvalue weighted by atomic mass is 16.5. The number of carbonyl (C=O) groups is 1. The number of ether oxygens (including phenoxy) is 1. The highest BCUT2D eigenvalue weighted by Crippen LogP contribution is 2.40. The molecule has 0 spiro atoms. The first-order valence-electron chi connectivity index (χ1n) is 11.4. The number of piperazine rings is 1. The molecule has 1 saturated heterocycles. The molecule has 3 aliphatic rings. The van der Waals surface area contributed by atoms with Gasteiger partial charge in [0.15, 0.2) is 0 Å². The van der Waals surface area contributed by atoms with Crippen molar-refractivity contribution in [2.75, 3.05) is 49.5 Å². The minimum absolute atomic E-state index is 0.0620. The second-order valence-corrected chi connectivity index (χ2v) is 8.99. The first-order valence-corrected chi connectivity index (χ1v) is 11.4. The number of fused-ring (bicyclic) bond motifs is 1. The van der Waals surface area contributed by atoms with E-state index in [-0.39, 0.29) is 12.5 Å². The van der Waals surface area contributed by atoms with Crippen molar-refractivity contribution in [3.05, 3.63) is 53.6 Å². The van der Waals surface area contributed by atoms with E-state index in [9.17, 15) is 9.90 Å². The van der Waals surface area contributed by atoms with Gasteiger partial charge in [-0.3, -0.25) is 9.69 Å². The number of aliphatic hydroxyl groups excluding tert-OH is 1. The maximum absolute atomic E-state index is 11.5. The van der Waals surface area contributed by atoms with Crippen molar-refractivity contribution < 1.29 is 14.6 Å². The molecule has 31 heavy (non-hydrogen) atoms. The highest BCUT2D eigenvalue weighted by Gasteiger charge is 2.24. The molecular weight excluding hydrogens is 390 g/mol. The number of aliphatic hydroxyl groups is 1. The summed E-state index contributed by atoms with van der Waals surface area (Å²) < 4.78 is 5.83. The molecule has 0 unspecified atom stereocenters. The molecule has 2 fully saturated rings. The Labute approximate surface area is 183 Å². The summed E-state index contributed by atoms with van der Waals surface area (Å²) >= 11 is 0. The number of rotatable bonds is 7. The van der Waals surface area contributed by atoms with E-state index in [1.54, 1.807) is 0 Å². The molecule has 0 aromatic heterocycles. The van der Waals surface area contributed by atoms with Crippen molar-refractivity contribution in [1.82, 2.24) is 4.90 Å². The van der Waals surface area contributed by atoms with E-state index >= 15 is 0 Å². The summed E-state index contributed by atoms with van der Waals surface area (Å²) in [5.41, 5.74) is 4.74. The second kappa shape index (κ2) is 8.89. The van der Waals surface area contributed by atoms with Gasteiger partial charge in [0, 0.05) is 50.5 Å². The molecule has 1 aliphatic carbocycles. The van der Waals surface area contributed by atoms with Crippen LogP contribution in [0, 0.1) is 0 Å². The number of β-amino-alcohol motifs (C(OH)–C–C–N with tert-alkyl or cyclic N) is 1. The summed E-state index contributed by atoms with van der Waals surface area (Å²) in [6, 6.07) is 14.8. The van der Waals surface area contributed by atoms with E-state index in [0.29, 0.717) is 13.0 Å². The van der Waals surface area contributed by atoms with Crippen LogP contribution in [0.15, 0.2) is 42.5 Å². The molecule has 2 aromatic rings. The molecule has 2 N–H and O–H groups in total. The summed E-state index contributed by atoms with van der Waals surface area (Å²) in [7, 11) is 0. The molecule has 6 nitrogen and oxygen atoms in total. The standard InChI is InChI=1S/C25H31N3O3/c29-22(17-31-23-8-9-24-20(15-23)5-10-25(30)26-24)16-27-11-13-28(14-12-27)21-6-3-19(4-7-21)18-1-2-18/h3-4,6-9,15,18,22,29H,1-2,5,10-14,16-17H2,(H,26,30)/t22-/m0/s1. The SMILES string of the molecule is O=C1CCc2cc(OC[C@@H](O)CN3CCN(c4ccc(C5CC5)cc4)CC3)ccc2N1. The smallest absolute Gasteiger partial charge is 0.224 e. The van der Waals surface area contributed by atoms with Crippen LogP contribution in [0.3, 0.4) is 0 Å². The molecule has 1 atom stereocenters. The summed E-state index contributed by atoms with van der Waals surface area (Å²) in [5.74, 6) is 1.61. The molecular formula is C25H31N3O3. The Morgan fingerprint density at radius 1 is 1.03 bits per heavy atom. The average Bonchev–Trinajstić information content (AvgIpc) is 3.64. The number of amides is 1. The van der Waals surface area contributed by atoms with Crippen LogP contribution in [-0.2, 0) is 11.2 Å². The summed E-state index contributed by atoms with van der Waals surface area (Å²) in [6.07, 6.45) is 3.40. The van der Waals surface area contributed by atoms with Crippen molar-refractivity contribution in [1.29, 1.82) is 0 Å². The lowest BCUT2D eigenvalue weighted by Gasteiger charge is -2.37. The zero-order chi connectivity index (χ0) is 21.2. The normalized spacial score (nSPS) is 20.2. The quantitative estimate of drug-likeness (QED) is 0.720. The predicted molar refractivity (Wildman–Crippen MR) is 122 cm³/mol. The zero-order valence-corrected chi connectivity index (χ0v) is 17.9. The van der Waals surface area contributed by atoms with Crippen LogP contribution in [0.2, 0.25) is 0 Å². The van der Waals surface area contributed by atoms with E-state index in [1.165, 1.54) is 24.1 Å². The number of nitrogens with one attached hydrogen (secondary N) is 1. The van der Waals surface area contributed by atoms with Crippen LogP contribution in [-0.4, -0.2) is 61.3 Å². The Bertz CT molecular complexity index is 918. The predicted octanol–water partition coefficient (Wildman–Crippen LogP) is 3.01. The third-order valence-electron chi connectivity index (χ3n) is 6.56. The van der Waals surface area contributed by atoms with Crippen molar-refractivity contribution in [3.8, 4) is 5.75 Å². The molecule has 1 saturated carbocycles. The van der Waals surface area contributed by atoms with Crippen LogP contribution in [0.25, 0.3) is 0 Å². The fourth-order valence-electron chi connectivity index (χ4n) is 4.56. The van der Waals surface area contributed by atoms with E-state index in [1.807, 2.05) is 18.2 Å². The van der Waals surface area contributed by atoms with E-state index < -0.39 is 6.10 Å². The molecule has 5 rings (SSSR count). The van der Waals surface area contributed by atoms with Gasteiger partial charge in [0.05, 0.1) is 0 Å². The van der Waals surface area contributed by atoms with Crippen LogP contribution in [0.4, 0.5) is 11.4 Å². The molecule has 6 heteroatoms. The third-order valence-corrected chi connectivity index (χ3v) is 6.56. The van der Waals surface area contributed by atoms with Crippen molar-refractivity contribution in [2.24, 2.45) is 0 Å². The van der Waals surface area contributed by atoms with Gasteiger partial charge in [0.2, 0.25) is 5.91 Å². The van der Waals surface area contributed by atoms with Gasteiger partial charge in [0.1, 0.15) is 18.5 Å². The maximum Gasteiger partial charge on any atom is 0.224 e. The molecule has 1 amide bonds. The van der Waals surface area contributed by atoms with Crippen LogP contribution >= 0.6 is 0 Å². The molecule has 2 heterocycles. The Morgan fingerprint density at radius 2 is 1.81 bits per heavy atom. The van der Waals surface area contributed by atoms with Gasteiger partial charge in [-0.15, -0.1) is 0 Å². The fourth-order valence-corrected chi connectivity index (χ4v) is 4.56. The second-order valence-electron chi connectivity index (χ2n) is 8.99. The molecule has 164 valence electrons. The van der Waals surface area contributed by atoms with E-state index in [0.717, 1.165) is 55.5 Å². The number of hydrogen-bond donors (Lipinski definition) is 2. The van der Waals surface area contributed by atoms with Gasteiger partial charge >= 0.3 is 0 Å². The minimum Gasteiger partial charge on any atom is -0.491 e. The maximum atomic E-state index is 11.5. The van der Waals surface area contributed by atoms with Gasteiger partial charge in [-0.1, -0.05) is 12.1 Å². The first kappa shape index (κ1) is 20.3. The summed E-state index contributed by atoms with van der Waals surface area (Å²) in [5, 5.41) is 13.3. The van der Waals surface area contributed by atoms with Gasteiger partial charge in [-0.05, 0) is 66.6 Å². The third kappa shape index (κ3) is 5.02. The van der Waals surface area contributed by atoms with Gasteiger partial charge in [-0.25, -0.2) is 0 Å². The van der Waals surface area contributed by atoms with Crippen LogP contribution in [0.1, 0.15) is 36.3 Å². The monoisotopic (exact) mass is 421 g/mol. The van der Waals surface area contributed by atoms with Gasteiger partial charge in [0.25, 0.3) is 0 Å². The Balaban J connectivity index is 1.06. The van der Waals surface area contributed by atoms with Crippen molar-refractivity contribution in [3.63, 3.8) is 0 Å². The molecule has 2 aliphatic heterocycles. The van der Waals surface area contributed by atoms with Crippen molar-refractivity contribution >= 4 is 17.3 Å². The lowest BCUT2D eigenvalue weighted by atomic mass is 10.0. The lowest BCUT2D eigenvalue weighted by Crippen LogP contribution is -2.49. The van der Waals surface area contributed by atoms with E-state index in [4.69, 9.17) is 4.74 Å². The number of carbonyl (C=O) groups excluding carboxylic acids is 1. The molecule has 0 radical (unpaired) electrons. The Kier molecular flexibility index (Phi) is 5.83. The Morgan fingerprint density at radius 3 is 2.55 bits per heavy atom. The first-order chi connectivity index (χ1) is 15.1. The number of aryl methyl sites for hydroxylation is 1. The average molecular weight is 422 g/mol. The number of nitrogens with zero attached hydrogens (tertiary/aromatic N) is 2. The summed E-state index contributed by atoms with van der Waals surface area (Å²) in [4.78, 5) is 16.2. The minimum atomic E-state index is -0.528.